The van der Waals surface area contributed by atoms with E-state index in [1.165, 1.54) is 12.5 Å². The van der Waals surface area contributed by atoms with Gasteiger partial charge in [0.25, 0.3) is 0 Å². The van der Waals surface area contributed by atoms with Gasteiger partial charge in [-0.25, -0.2) is 0 Å². The van der Waals surface area contributed by atoms with Crippen LogP contribution in [0.2, 0.25) is 0 Å². The van der Waals surface area contributed by atoms with Gasteiger partial charge in [-0.3, -0.25) is 9.59 Å². The van der Waals surface area contributed by atoms with Gasteiger partial charge in [-0.2, -0.15) is 15.2 Å². The second-order valence-corrected chi connectivity index (χ2v) is 10.7. The van der Waals surface area contributed by atoms with Gasteiger partial charge in [0.05, 0.1) is 24.2 Å². The summed E-state index contributed by atoms with van der Waals surface area (Å²) in [7, 11) is 2.12. The molecule has 3 fully saturated rings. The Labute approximate surface area is 212 Å². The summed E-state index contributed by atoms with van der Waals surface area (Å²) in [5.74, 6) is 0.802. The lowest BCUT2D eigenvalue weighted by atomic mass is 9.72. The molecule has 0 radical (unpaired) electrons. The Morgan fingerprint density at radius 2 is 2.17 bits per heavy atom. The van der Waals surface area contributed by atoms with Crippen LogP contribution in [0, 0.1) is 16.7 Å². The molecule has 36 heavy (non-hydrogen) atoms. The minimum absolute atomic E-state index is 0.100. The van der Waals surface area contributed by atoms with Crippen molar-refractivity contribution in [3.8, 4) is 12.1 Å². The van der Waals surface area contributed by atoms with Crippen LogP contribution in [0.5, 0.6) is 6.01 Å². The van der Waals surface area contributed by atoms with Crippen molar-refractivity contribution in [2.75, 3.05) is 51.3 Å². The molecule has 1 aromatic heterocycles. The zero-order valence-corrected chi connectivity index (χ0v) is 21.0. The number of carbonyl (C=O) groups excluding carboxylic acids is 2. The van der Waals surface area contributed by atoms with Crippen LogP contribution in [0.15, 0.2) is 12.7 Å². The standard InChI is InChI=1S/C26H35N7O3/c1-3-23(35)33-12-11-32(15-18(33)7-9-27)24-20-6-8-26(14-22(34)28-17-26)13-21(20)29-25(30-24)36-16-19-5-4-10-31(19)2/h3,18-19H,1,4-8,10-17H2,2H3,(H,28,34)/t18-,19-,26?/m0/s1. The van der Waals surface area contributed by atoms with Crippen molar-refractivity contribution in [2.45, 2.75) is 57.0 Å². The molecule has 10 heteroatoms. The summed E-state index contributed by atoms with van der Waals surface area (Å²) in [5.41, 5.74) is 1.96. The van der Waals surface area contributed by atoms with Crippen LogP contribution in [0.1, 0.15) is 43.4 Å². The summed E-state index contributed by atoms with van der Waals surface area (Å²) < 4.78 is 6.18. The van der Waals surface area contributed by atoms with Crippen LogP contribution < -0.4 is 15.0 Å². The predicted octanol–water partition coefficient (Wildman–Crippen LogP) is 1.06. The summed E-state index contributed by atoms with van der Waals surface area (Å²) in [4.78, 5) is 40.4. The minimum atomic E-state index is -0.233. The molecule has 10 nitrogen and oxygen atoms in total. The van der Waals surface area contributed by atoms with E-state index < -0.39 is 0 Å². The summed E-state index contributed by atoms with van der Waals surface area (Å²) in [6, 6.07) is 2.72. The highest BCUT2D eigenvalue weighted by Crippen LogP contribution is 2.43. The number of likely N-dealkylation sites (tertiary alicyclic amines) is 1. The molecule has 1 unspecified atom stereocenters. The molecule has 3 atom stereocenters. The zero-order chi connectivity index (χ0) is 25.3. The number of nitrogens with zero attached hydrogens (tertiary/aromatic N) is 6. The first-order valence-corrected chi connectivity index (χ1v) is 13.0. The Hall–Kier alpha value is -3.19. The lowest BCUT2D eigenvalue weighted by Crippen LogP contribution is -2.55. The van der Waals surface area contributed by atoms with E-state index in [1.807, 2.05) is 0 Å². The fourth-order valence-electron chi connectivity index (χ4n) is 6.21. The van der Waals surface area contributed by atoms with Gasteiger partial charge < -0.3 is 24.8 Å². The van der Waals surface area contributed by atoms with Gasteiger partial charge >= 0.3 is 6.01 Å². The number of carbonyl (C=O) groups is 2. The van der Waals surface area contributed by atoms with Crippen molar-refractivity contribution in [1.82, 2.24) is 25.1 Å². The largest absolute Gasteiger partial charge is 0.462 e. The van der Waals surface area contributed by atoms with E-state index in [9.17, 15) is 14.9 Å². The second-order valence-electron chi connectivity index (χ2n) is 10.7. The molecular weight excluding hydrogens is 458 g/mol. The van der Waals surface area contributed by atoms with Crippen LogP contribution in [0.25, 0.3) is 0 Å². The molecule has 0 aromatic carbocycles. The van der Waals surface area contributed by atoms with Crippen molar-refractivity contribution >= 4 is 17.6 Å². The Balaban J connectivity index is 1.44. The van der Waals surface area contributed by atoms with Crippen molar-refractivity contribution in [1.29, 1.82) is 5.26 Å². The predicted molar refractivity (Wildman–Crippen MR) is 133 cm³/mol. The van der Waals surface area contributed by atoms with Crippen molar-refractivity contribution in [3.63, 3.8) is 0 Å². The molecular formula is C26H35N7O3. The number of amides is 2. The fourth-order valence-corrected chi connectivity index (χ4v) is 6.21. The quantitative estimate of drug-likeness (QED) is 0.585. The number of likely N-dealkylation sites (N-methyl/N-ethyl adjacent to an activating group) is 1. The molecule has 0 saturated carbocycles. The third-order valence-electron chi connectivity index (χ3n) is 8.34. The van der Waals surface area contributed by atoms with Crippen LogP contribution in [0.4, 0.5) is 5.82 Å². The lowest BCUT2D eigenvalue weighted by molar-refractivity contribution is -0.128. The molecule has 1 spiro atoms. The highest BCUT2D eigenvalue weighted by Gasteiger charge is 2.43. The number of ether oxygens (including phenoxy) is 1. The number of hydrogen-bond acceptors (Lipinski definition) is 8. The molecule has 1 aliphatic carbocycles. The van der Waals surface area contributed by atoms with Gasteiger partial charge in [-0.05, 0) is 51.8 Å². The number of hydrogen-bond donors (Lipinski definition) is 1. The minimum Gasteiger partial charge on any atom is -0.462 e. The first kappa shape index (κ1) is 24.5. The van der Waals surface area contributed by atoms with E-state index in [4.69, 9.17) is 14.7 Å². The maximum atomic E-state index is 12.4. The highest BCUT2D eigenvalue weighted by molar-refractivity contribution is 5.87. The highest BCUT2D eigenvalue weighted by atomic mass is 16.5. The lowest BCUT2D eigenvalue weighted by Gasteiger charge is -2.42. The van der Waals surface area contributed by atoms with Gasteiger partial charge in [-0.15, -0.1) is 0 Å². The summed E-state index contributed by atoms with van der Waals surface area (Å²) in [6.45, 7) is 7.54. The van der Waals surface area contributed by atoms with E-state index >= 15 is 0 Å². The van der Waals surface area contributed by atoms with Crippen LogP contribution in [-0.2, 0) is 22.4 Å². The molecule has 3 saturated heterocycles. The topological polar surface area (TPSA) is 115 Å². The van der Waals surface area contributed by atoms with Gasteiger partial charge in [0.1, 0.15) is 12.4 Å². The Morgan fingerprint density at radius 3 is 2.86 bits per heavy atom. The van der Waals surface area contributed by atoms with Gasteiger partial charge in [0.15, 0.2) is 0 Å². The maximum absolute atomic E-state index is 12.4. The van der Waals surface area contributed by atoms with E-state index in [0.717, 1.165) is 42.9 Å². The molecule has 1 aromatic rings. The first-order valence-electron chi connectivity index (χ1n) is 13.0. The van der Waals surface area contributed by atoms with Gasteiger partial charge in [0.2, 0.25) is 11.8 Å². The number of aromatic nitrogens is 2. The Bertz CT molecular complexity index is 1090. The number of anilines is 1. The molecule has 3 aliphatic heterocycles. The van der Waals surface area contributed by atoms with E-state index in [0.29, 0.717) is 57.7 Å². The molecule has 1 N–H and O–H groups in total. The number of rotatable bonds is 6. The Morgan fingerprint density at radius 1 is 1.31 bits per heavy atom. The molecule has 5 rings (SSSR count). The smallest absolute Gasteiger partial charge is 0.318 e. The average molecular weight is 494 g/mol. The van der Waals surface area contributed by atoms with Crippen LogP contribution in [-0.4, -0.2) is 90.0 Å². The monoisotopic (exact) mass is 493 g/mol. The first-order chi connectivity index (χ1) is 17.4. The summed E-state index contributed by atoms with van der Waals surface area (Å²) in [5, 5.41) is 12.4. The molecule has 4 aliphatic rings. The van der Waals surface area contributed by atoms with E-state index in [2.05, 4.69) is 34.8 Å². The van der Waals surface area contributed by atoms with E-state index in [-0.39, 0.29) is 29.7 Å². The van der Waals surface area contributed by atoms with Crippen LogP contribution >= 0.6 is 0 Å². The molecule has 4 heterocycles. The van der Waals surface area contributed by atoms with Crippen molar-refractivity contribution < 1.29 is 14.3 Å². The summed E-state index contributed by atoms with van der Waals surface area (Å²) >= 11 is 0. The Kier molecular flexibility index (Phi) is 6.84. The second kappa shape index (κ2) is 10.1. The molecule has 2 amide bonds. The maximum Gasteiger partial charge on any atom is 0.318 e. The zero-order valence-electron chi connectivity index (χ0n) is 21.0. The van der Waals surface area contributed by atoms with Gasteiger partial charge in [-0.1, -0.05) is 6.58 Å². The number of nitrogens with one attached hydrogen (secondary N) is 1. The molecule has 192 valence electrons. The number of piperazine rings is 1. The SMILES string of the molecule is C=CC(=O)N1CCN(c2nc(OC[C@@H]3CCCN3C)nc3c2CCC2(CNC(=O)C2)C3)C[C@@H]1CC#N. The van der Waals surface area contributed by atoms with Crippen molar-refractivity contribution in [3.05, 3.63) is 23.9 Å². The van der Waals surface area contributed by atoms with Gasteiger partial charge in [0, 0.05) is 49.6 Å². The van der Waals surface area contributed by atoms with E-state index in [1.54, 1.807) is 4.90 Å². The normalized spacial score (nSPS) is 28.1. The van der Waals surface area contributed by atoms with Crippen molar-refractivity contribution in [2.24, 2.45) is 5.41 Å². The number of nitriles is 1. The fraction of sp³-hybridized carbons (Fsp3) is 0.654. The molecule has 0 bridgehead atoms. The van der Waals surface area contributed by atoms with Crippen LogP contribution in [0.3, 0.4) is 0 Å². The number of fused-ring (bicyclic) bond motifs is 1. The third kappa shape index (κ3) is 4.76. The third-order valence-corrected chi connectivity index (χ3v) is 8.34. The summed E-state index contributed by atoms with van der Waals surface area (Å²) in [6.07, 6.45) is 6.76. The average Bonchev–Trinajstić information content (AvgIpc) is 3.46.